The summed E-state index contributed by atoms with van der Waals surface area (Å²) in [6, 6.07) is 8.66. The number of nitrogens with one attached hydrogen (secondary N) is 1. The maximum absolute atomic E-state index is 10.6. The van der Waals surface area contributed by atoms with Crippen LogP contribution in [0.15, 0.2) is 24.3 Å². The molecule has 6 saturated carbocycles. The van der Waals surface area contributed by atoms with E-state index in [1.54, 1.807) is 0 Å². The molecule has 2 N–H and O–H groups in total. The molecular formula is C32H49NO5. The molecule has 1 aromatic carbocycles. The van der Waals surface area contributed by atoms with Crippen molar-refractivity contribution in [2.24, 2.45) is 23.7 Å². The number of hydrogen-bond donors (Lipinski definition) is 2. The lowest BCUT2D eigenvalue weighted by molar-refractivity contribution is -0.485. The van der Waals surface area contributed by atoms with Gasteiger partial charge >= 0.3 is 0 Å². The molecule has 212 valence electrons. The van der Waals surface area contributed by atoms with E-state index in [0.717, 1.165) is 75.5 Å². The quantitative estimate of drug-likeness (QED) is 0.156. The lowest BCUT2D eigenvalue weighted by Gasteiger charge is -2.58. The molecule has 1 aromatic rings. The van der Waals surface area contributed by atoms with Crippen molar-refractivity contribution in [1.82, 2.24) is 5.32 Å². The van der Waals surface area contributed by atoms with Crippen LogP contribution in [0.1, 0.15) is 101 Å². The van der Waals surface area contributed by atoms with Gasteiger partial charge in [0.25, 0.3) is 0 Å². The molecule has 38 heavy (non-hydrogen) atoms. The molecule has 7 rings (SSSR count). The predicted molar refractivity (Wildman–Crippen MR) is 147 cm³/mol. The first-order valence-electron chi connectivity index (χ1n) is 15.6. The van der Waals surface area contributed by atoms with E-state index in [0.29, 0.717) is 30.9 Å². The topological polar surface area (TPSA) is 69.2 Å². The van der Waals surface area contributed by atoms with Crippen LogP contribution in [-0.2, 0) is 14.5 Å². The molecule has 6 aliphatic carbocycles. The second-order valence-corrected chi connectivity index (χ2v) is 13.3. The average molecular weight is 528 g/mol. The van der Waals surface area contributed by atoms with Crippen molar-refractivity contribution in [1.29, 1.82) is 0 Å². The smallest absolute Gasteiger partial charge is 0.207 e. The summed E-state index contributed by atoms with van der Waals surface area (Å²) in [4.78, 5) is 12.4. The van der Waals surface area contributed by atoms with Crippen molar-refractivity contribution in [3.63, 3.8) is 0 Å². The van der Waals surface area contributed by atoms with Crippen molar-refractivity contribution < 1.29 is 24.4 Å². The zero-order valence-electron chi connectivity index (χ0n) is 23.4. The fourth-order valence-corrected chi connectivity index (χ4v) is 8.77. The molecular weight excluding hydrogens is 478 g/mol. The van der Waals surface area contributed by atoms with Crippen LogP contribution in [0.3, 0.4) is 0 Å². The lowest BCUT2D eigenvalue weighted by Crippen LogP contribution is -2.60. The van der Waals surface area contributed by atoms with Gasteiger partial charge in [-0.05, 0) is 106 Å². The summed E-state index contributed by atoms with van der Waals surface area (Å²) in [5.41, 5.74) is 0.875. The normalized spacial score (nSPS) is 37.8. The van der Waals surface area contributed by atoms with Gasteiger partial charge in [0.15, 0.2) is 0 Å². The Morgan fingerprint density at radius 3 is 2.16 bits per heavy atom. The zero-order valence-corrected chi connectivity index (χ0v) is 23.4. The molecule has 0 atom stereocenters. The highest BCUT2D eigenvalue weighted by molar-refractivity contribution is 5.29. The molecule has 4 bridgehead atoms. The SMILES string of the molecule is COC1(OO[C@H]2CC[C@@H](c3ccc(OCCNCC4(O)CCCCC4)cc3)CC2)C2CC3CC(C2)CC1C3. The molecule has 0 aromatic heterocycles. The minimum Gasteiger partial charge on any atom is -0.492 e. The van der Waals surface area contributed by atoms with Crippen molar-refractivity contribution in [2.75, 3.05) is 26.8 Å². The van der Waals surface area contributed by atoms with Crippen molar-refractivity contribution in [3.05, 3.63) is 29.8 Å². The molecule has 0 spiro atoms. The summed E-state index contributed by atoms with van der Waals surface area (Å²) in [6.07, 6.45) is 16.2. The fraction of sp³-hybridized carbons (Fsp3) is 0.812. The minimum absolute atomic E-state index is 0.164. The molecule has 6 aliphatic rings. The van der Waals surface area contributed by atoms with Crippen LogP contribution < -0.4 is 10.1 Å². The molecule has 0 heterocycles. The molecule has 0 aliphatic heterocycles. The molecule has 0 radical (unpaired) electrons. The van der Waals surface area contributed by atoms with E-state index < -0.39 is 11.4 Å². The number of aliphatic hydroxyl groups is 1. The number of methoxy groups -OCH3 is 1. The molecule has 0 saturated heterocycles. The Bertz CT molecular complexity index is 862. The summed E-state index contributed by atoms with van der Waals surface area (Å²) in [6.45, 7) is 2.04. The van der Waals surface area contributed by atoms with E-state index >= 15 is 0 Å². The van der Waals surface area contributed by atoms with Crippen molar-refractivity contribution in [3.8, 4) is 5.75 Å². The summed E-state index contributed by atoms with van der Waals surface area (Å²) in [5.74, 6) is 3.74. The highest BCUT2D eigenvalue weighted by atomic mass is 17.2. The third kappa shape index (κ3) is 5.81. The van der Waals surface area contributed by atoms with E-state index in [-0.39, 0.29) is 6.10 Å². The van der Waals surface area contributed by atoms with E-state index in [1.165, 1.54) is 44.1 Å². The summed E-state index contributed by atoms with van der Waals surface area (Å²) < 4.78 is 12.1. The van der Waals surface area contributed by atoms with Crippen LogP contribution in [0.25, 0.3) is 0 Å². The first-order chi connectivity index (χ1) is 18.6. The number of hydrogen-bond acceptors (Lipinski definition) is 6. The van der Waals surface area contributed by atoms with Gasteiger partial charge in [-0.1, -0.05) is 31.4 Å². The molecule has 0 amide bonds. The Morgan fingerprint density at radius 1 is 0.868 bits per heavy atom. The van der Waals surface area contributed by atoms with Gasteiger partial charge in [-0.25, -0.2) is 9.78 Å². The maximum Gasteiger partial charge on any atom is 0.207 e. The van der Waals surface area contributed by atoms with Gasteiger partial charge in [0.1, 0.15) is 12.4 Å². The molecule has 6 heteroatoms. The first kappa shape index (κ1) is 27.0. The second kappa shape index (κ2) is 11.7. The fourth-order valence-electron chi connectivity index (χ4n) is 8.77. The largest absolute Gasteiger partial charge is 0.492 e. The van der Waals surface area contributed by atoms with Crippen molar-refractivity contribution >= 4 is 0 Å². The van der Waals surface area contributed by atoms with Crippen LogP contribution in [0.2, 0.25) is 0 Å². The maximum atomic E-state index is 10.6. The highest BCUT2D eigenvalue weighted by Crippen LogP contribution is 2.60. The van der Waals surface area contributed by atoms with Gasteiger partial charge in [-0.15, -0.1) is 0 Å². The van der Waals surface area contributed by atoms with Gasteiger partial charge < -0.3 is 19.9 Å². The van der Waals surface area contributed by atoms with Gasteiger partial charge in [0, 0.05) is 32.0 Å². The van der Waals surface area contributed by atoms with Crippen LogP contribution >= 0.6 is 0 Å². The third-order valence-electron chi connectivity index (χ3n) is 10.7. The molecule has 0 unspecified atom stereocenters. The first-order valence-corrected chi connectivity index (χ1v) is 15.6. The summed E-state index contributed by atoms with van der Waals surface area (Å²) >= 11 is 0. The van der Waals surface area contributed by atoms with Gasteiger partial charge in [0.05, 0.1) is 11.7 Å². The van der Waals surface area contributed by atoms with Gasteiger partial charge in [-0.2, -0.15) is 0 Å². The van der Waals surface area contributed by atoms with E-state index in [9.17, 15) is 5.11 Å². The minimum atomic E-state index is -0.517. The number of ether oxygens (including phenoxy) is 2. The average Bonchev–Trinajstić information content (AvgIpc) is 2.94. The Kier molecular flexibility index (Phi) is 8.35. The van der Waals surface area contributed by atoms with Crippen molar-refractivity contribution in [2.45, 2.75) is 113 Å². The Balaban J connectivity index is 0.908. The number of rotatable bonds is 11. The molecule has 6 nitrogen and oxygen atoms in total. The van der Waals surface area contributed by atoms with E-state index in [4.69, 9.17) is 19.2 Å². The standard InChI is InChI=1S/C32H49NO5/c1-35-32(27-18-23-17-24(20-27)21-28(32)19-23)38-37-30-11-7-26(8-12-30)25-5-9-29(10-6-25)36-16-15-33-22-31(34)13-3-2-4-14-31/h5-6,9-10,23-24,26-28,30,33-34H,2-4,7-8,11-22H2,1H3/t23?,24?,26-,27?,28?,30+,32?. The van der Waals surface area contributed by atoms with E-state index in [2.05, 4.69) is 29.6 Å². The van der Waals surface area contributed by atoms with Gasteiger partial charge in [0.2, 0.25) is 5.79 Å². The zero-order chi connectivity index (χ0) is 26.0. The summed E-state index contributed by atoms with van der Waals surface area (Å²) in [5, 5.41) is 14.0. The Labute approximate surface area is 229 Å². The highest BCUT2D eigenvalue weighted by Gasteiger charge is 2.60. The second-order valence-electron chi connectivity index (χ2n) is 13.3. The summed E-state index contributed by atoms with van der Waals surface area (Å²) in [7, 11) is 1.83. The van der Waals surface area contributed by atoms with E-state index in [1.807, 2.05) is 7.11 Å². The van der Waals surface area contributed by atoms with Gasteiger partial charge in [-0.3, -0.25) is 0 Å². The molecule has 6 fully saturated rings. The van der Waals surface area contributed by atoms with Crippen LogP contribution in [0.5, 0.6) is 5.75 Å². The number of benzene rings is 1. The predicted octanol–water partition coefficient (Wildman–Crippen LogP) is 6.12. The van der Waals surface area contributed by atoms with Crippen LogP contribution in [-0.4, -0.2) is 49.4 Å². The van der Waals surface area contributed by atoms with Crippen LogP contribution in [0.4, 0.5) is 0 Å². The van der Waals surface area contributed by atoms with Crippen LogP contribution in [0, 0.1) is 23.7 Å². The Hall–Kier alpha value is -1.18. The monoisotopic (exact) mass is 527 g/mol. The Morgan fingerprint density at radius 2 is 1.53 bits per heavy atom. The third-order valence-corrected chi connectivity index (χ3v) is 10.7. The lowest BCUT2D eigenvalue weighted by atomic mass is 9.53.